The Labute approximate surface area is 229 Å². The minimum absolute atomic E-state index is 0.105. The molecule has 1 aromatic heterocycles. The van der Waals surface area contributed by atoms with Crippen LogP contribution >= 0.6 is 0 Å². The smallest absolute Gasteiger partial charge is 0.376 e. The van der Waals surface area contributed by atoms with Gasteiger partial charge >= 0.3 is 6.18 Å². The number of nitrogens with one attached hydrogen (secondary N) is 2. The quantitative estimate of drug-likeness (QED) is 0.439. The molecular weight excluding hydrogens is 523 g/mol. The van der Waals surface area contributed by atoms with Gasteiger partial charge in [-0.1, -0.05) is 18.2 Å². The van der Waals surface area contributed by atoms with Crippen molar-refractivity contribution in [2.45, 2.75) is 32.1 Å². The number of alkyl halides is 3. The van der Waals surface area contributed by atoms with E-state index in [0.717, 1.165) is 40.2 Å². The van der Waals surface area contributed by atoms with Crippen LogP contribution in [-0.4, -0.2) is 48.8 Å². The predicted octanol–water partition coefficient (Wildman–Crippen LogP) is 4.13. The molecule has 40 heavy (non-hydrogen) atoms. The number of amides is 2. The Morgan fingerprint density at radius 3 is 2.73 bits per heavy atom. The molecule has 5 rings (SSSR count). The topological polar surface area (TPSA) is 110 Å². The number of nitrogens with zero attached hydrogens (tertiary/aromatic N) is 2. The number of aryl methyl sites for hydroxylation is 1. The zero-order valence-corrected chi connectivity index (χ0v) is 22.1. The Hall–Kier alpha value is -3.96. The highest BCUT2D eigenvalue weighted by Crippen LogP contribution is 2.42. The third kappa shape index (κ3) is 5.14. The minimum atomic E-state index is -4.65. The van der Waals surface area contributed by atoms with Gasteiger partial charge in [0, 0.05) is 36.2 Å². The summed E-state index contributed by atoms with van der Waals surface area (Å²) in [6, 6.07) is 13.3. The molecule has 2 aliphatic heterocycles. The minimum Gasteiger partial charge on any atom is -0.376 e. The second kappa shape index (κ2) is 10.5. The number of fused-ring (bicyclic) bond motifs is 3. The Morgan fingerprint density at radius 2 is 1.98 bits per heavy atom. The molecule has 1 unspecified atom stereocenters. The molecule has 0 radical (unpaired) electrons. The second-order valence-electron chi connectivity index (χ2n) is 10.1. The van der Waals surface area contributed by atoms with Crippen LogP contribution in [0.2, 0.25) is 0 Å². The highest BCUT2D eigenvalue weighted by atomic mass is 19.4. The molecule has 210 valence electrons. The van der Waals surface area contributed by atoms with Gasteiger partial charge in [0.2, 0.25) is 5.91 Å². The lowest BCUT2D eigenvalue weighted by Gasteiger charge is -2.52. The molecule has 0 saturated carbocycles. The van der Waals surface area contributed by atoms with Gasteiger partial charge in [-0.3, -0.25) is 14.6 Å². The average Bonchev–Trinajstić information content (AvgIpc) is 2.93. The molecule has 2 aromatic carbocycles. The van der Waals surface area contributed by atoms with Crippen molar-refractivity contribution in [2.24, 2.45) is 11.7 Å². The van der Waals surface area contributed by atoms with Crippen molar-refractivity contribution < 1.29 is 27.5 Å². The monoisotopic (exact) mass is 553 g/mol. The standard InChI is InChI=1S/C29H30F3N5O3/c1-3-34-27(39)23-12-19-6-5-18(13-24(19)37-10-11-40-16-28(23,37)33)22-15-21(7-4-17(22)2)36-26(38)20-8-9-35-25(14-20)29(30,31)32/h4-9,13-15,23H,3,10-12,16,33H2,1-2H3,(H,34,39)(H,36,38)/t23?,28-/m1/s1. The van der Waals surface area contributed by atoms with Gasteiger partial charge in [-0.15, -0.1) is 0 Å². The van der Waals surface area contributed by atoms with E-state index in [1.807, 2.05) is 38.1 Å². The number of rotatable bonds is 5. The zero-order valence-electron chi connectivity index (χ0n) is 22.1. The van der Waals surface area contributed by atoms with Crippen molar-refractivity contribution >= 4 is 23.2 Å². The molecule has 1 fully saturated rings. The van der Waals surface area contributed by atoms with E-state index in [-0.39, 0.29) is 18.1 Å². The van der Waals surface area contributed by atoms with E-state index in [4.69, 9.17) is 10.5 Å². The summed E-state index contributed by atoms with van der Waals surface area (Å²) >= 11 is 0. The lowest BCUT2D eigenvalue weighted by atomic mass is 9.79. The van der Waals surface area contributed by atoms with Crippen LogP contribution in [0.25, 0.3) is 11.1 Å². The first-order chi connectivity index (χ1) is 19.0. The van der Waals surface area contributed by atoms with Gasteiger partial charge in [-0.2, -0.15) is 13.2 Å². The van der Waals surface area contributed by atoms with Gasteiger partial charge in [-0.05, 0) is 72.9 Å². The summed E-state index contributed by atoms with van der Waals surface area (Å²) in [6.45, 7) is 5.56. The number of carbonyl (C=O) groups excluding carboxylic acids is 2. The Kier molecular flexibility index (Phi) is 7.28. The normalized spacial score (nSPS) is 20.4. The first-order valence-corrected chi connectivity index (χ1v) is 13.0. The van der Waals surface area contributed by atoms with E-state index >= 15 is 0 Å². The lowest BCUT2D eigenvalue weighted by molar-refractivity contribution is -0.141. The summed E-state index contributed by atoms with van der Waals surface area (Å²) < 4.78 is 44.9. The van der Waals surface area contributed by atoms with Crippen molar-refractivity contribution in [3.05, 3.63) is 77.1 Å². The largest absolute Gasteiger partial charge is 0.433 e. The van der Waals surface area contributed by atoms with E-state index in [1.54, 1.807) is 12.1 Å². The number of hydrogen-bond donors (Lipinski definition) is 3. The van der Waals surface area contributed by atoms with Gasteiger partial charge in [0.15, 0.2) is 0 Å². The van der Waals surface area contributed by atoms with Crippen LogP contribution in [0, 0.1) is 12.8 Å². The van der Waals surface area contributed by atoms with Crippen molar-refractivity contribution in [1.29, 1.82) is 0 Å². The summed E-state index contributed by atoms with van der Waals surface area (Å²) in [4.78, 5) is 31.1. The maximum absolute atomic E-state index is 13.1. The highest BCUT2D eigenvalue weighted by molar-refractivity contribution is 6.04. The second-order valence-corrected chi connectivity index (χ2v) is 10.1. The number of benzene rings is 2. The number of carbonyl (C=O) groups is 2. The SMILES string of the molecule is CCNC(=O)C1Cc2ccc(-c3cc(NC(=O)c4ccnc(C(F)(F)F)c4)ccc3C)cc2N2CCOC[C@]12N. The van der Waals surface area contributed by atoms with E-state index in [9.17, 15) is 22.8 Å². The fourth-order valence-electron chi connectivity index (χ4n) is 5.42. The molecule has 0 bridgehead atoms. The summed E-state index contributed by atoms with van der Waals surface area (Å²) in [5, 5.41) is 5.59. The lowest BCUT2D eigenvalue weighted by Crippen LogP contribution is -2.72. The van der Waals surface area contributed by atoms with Gasteiger partial charge in [0.1, 0.15) is 11.4 Å². The van der Waals surface area contributed by atoms with E-state index in [1.165, 1.54) is 6.07 Å². The number of nitrogens with two attached hydrogens (primary N) is 1. The maximum atomic E-state index is 13.1. The molecule has 2 aliphatic rings. The summed E-state index contributed by atoms with van der Waals surface area (Å²) in [5.41, 5.74) is 9.61. The maximum Gasteiger partial charge on any atom is 0.433 e. The van der Waals surface area contributed by atoms with Crippen molar-refractivity contribution in [2.75, 3.05) is 36.5 Å². The molecule has 0 aliphatic carbocycles. The average molecular weight is 554 g/mol. The van der Waals surface area contributed by atoms with Gasteiger partial charge < -0.3 is 26.0 Å². The highest BCUT2D eigenvalue weighted by Gasteiger charge is 2.50. The predicted molar refractivity (Wildman–Crippen MR) is 145 cm³/mol. The van der Waals surface area contributed by atoms with Crippen LogP contribution in [0.1, 0.15) is 34.1 Å². The first-order valence-electron chi connectivity index (χ1n) is 13.0. The van der Waals surface area contributed by atoms with Crippen LogP contribution in [0.3, 0.4) is 0 Å². The summed E-state index contributed by atoms with van der Waals surface area (Å²) in [5.74, 6) is -1.26. The van der Waals surface area contributed by atoms with Crippen LogP contribution in [0.15, 0.2) is 54.7 Å². The van der Waals surface area contributed by atoms with Crippen molar-refractivity contribution in [3.8, 4) is 11.1 Å². The van der Waals surface area contributed by atoms with Crippen LogP contribution in [0.4, 0.5) is 24.5 Å². The number of halogens is 3. The Morgan fingerprint density at radius 1 is 1.18 bits per heavy atom. The van der Waals surface area contributed by atoms with Gasteiger partial charge in [0.05, 0.1) is 19.1 Å². The third-order valence-electron chi connectivity index (χ3n) is 7.49. The fourth-order valence-corrected chi connectivity index (χ4v) is 5.42. The molecule has 1 saturated heterocycles. The number of hydrogen-bond acceptors (Lipinski definition) is 6. The van der Waals surface area contributed by atoms with Gasteiger partial charge in [-0.25, -0.2) is 0 Å². The molecule has 11 heteroatoms. The molecule has 3 aromatic rings. The number of ether oxygens (including phenoxy) is 1. The van der Waals surface area contributed by atoms with Crippen LogP contribution < -0.4 is 21.3 Å². The van der Waals surface area contributed by atoms with E-state index in [0.29, 0.717) is 31.8 Å². The number of aromatic nitrogens is 1. The third-order valence-corrected chi connectivity index (χ3v) is 7.49. The van der Waals surface area contributed by atoms with Gasteiger partial charge in [0.25, 0.3) is 5.91 Å². The number of morpholine rings is 1. The van der Waals surface area contributed by atoms with E-state index < -0.39 is 29.4 Å². The Balaban J connectivity index is 1.46. The number of pyridine rings is 1. The fraction of sp³-hybridized carbons (Fsp3) is 0.345. The van der Waals surface area contributed by atoms with Crippen molar-refractivity contribution in [1.82, 2.24) is 10.3 Å². The first kappa shape index (κ1) is 27.6. The molecule has 3 heterocycles. The van der Waals surface area contributed by atoms with Crippen LogP contribution in [0.5, 0.6) is 0 Å². The Bertz CT molecular complexity index is 1460. The van der Waals surface area contributed by atoms with Crippen LogP contribution in [-0.2, 0) is 22.1 Å². The molecule has 2 atom stereocenters. The van der Waals surface area contributed by atoms with Crippen molar-refractivity contribution in [3.63, 3.8) is 0 Å². The molecule has 2 amide bonds. The molecule has 8 nitrogen and oxygen atoms in total. The molecule has 0 spiro atoms. The summed E-state index contributed by atoms with van der Waals surface area (Å²) in [7, 11) is 0. The molecular formula is C29H30F3N5O3. The zero-order chi connectivity index (χ0) is 28.7. The summed E-state index contributed by atoms with van der Waals surface area (Å²) in [6.07, 6.45) is -3.22. The number of anilines is 2. The molecule has 4 N–H and O–H groups in total. The van der Waals surface area contributed by atoms with E-state index in [2.05, 4.69) is 20.5 Å².